The minimum atomic E-state index is -0.618. The van der Waals surface area contributed by atoms with Crippen LogP contribution in [0.15, 0.2) is 260 Å². The minimum Gasteiger partial charge on any atom is -0.310 e. The molecule has 1 aliphatic carbocycles. The van der Waals surface area contributed by atoms with Gasteiger partial charge in [0.1, 0.15) is 0 Å². The number of hydrogen-bond donors (Lipinski definition) is 0. The van der Waals surface area contributed by atoms with Gasteiger partial charge >= 0.3 is 0 Å². The summed E-state index contributed by atoms with van der Waals surface area (Å²) in [7, 11) is 0. The molecule has 2 heteroatoms. The number of para-hydroxylation sites is 3. The molecule has 1 spiro atoms. The second-order valence-corrected chi connectivity index (χ2v) is 17.7. The van der Waals surface area contributed by atoms with E-state index in [4.69, 9.17) is 4.99 Å². The predicted molar refractivity (Wildman–Crippen MR) is 285 cm³/mol. The van der Waals surface area contributed by atoms with E-state index in [0.717, 1.165) is 22.5 Å². The summed E-state index contributed by atoms with van der Waals surface area (Å²) >= 11 is 0. The minimum absolute atomic E-state index is 0.555. The number of aliphatic imine (C=N–C) groups is 1. The van der Waals surface area contributed by atoms with Crippen molar-refractivity contribution in [3.8, 4) is 44.5 Å². The Balaban J connectivity index is 1.08. The Morgan fingerprint density at radius 3 is 1.65 bits per heavy atom. The fourth-order valence-electron chi connectivity index (χ4n) is 10.9. The summed E-state index contributed by atoms with van der Waals surface area (Å²) in [5.41, 5.74) is 23.1. The lowest BCUT2D eigenvalue weighted by molar-refractivity contribution is 0.752. The molecule has 0 saturated heterocycles. The van der Waals surface area contributed by atoms with Crippen LogP contribution in [0, 0.1) is 0 Å². The molecule has 0 radical (unpaired) electrons. The molecule has 12 rings (SSSR count). The first-order valence-corrected chi connectivity index (χ1v) is 23.6. The summed E-state index contributed by atoms with van der Waals surface area (Å²) in [5.74, 6) is 0. The molecule has 1 heterocycles. The standard InChI is InChI=1S/C66H48N2/c1-2-19-46-34-36-47(37-35-46)45-67-65(51-22-8-4-9-23-51)56-28-18-31-61-64(56)57-44-52(48-38-40-50(41-39-48)55-27-13-12-26-54(55)49-20-6-3-7-21-49)42-43-58(57)66(61)59-29-14-16-32-62(59)68(53-24-10-5-11-25-53)63-33-17-15-30-60(63)66/h2-44H,45H2,1H3/b19-2+,67-65?. The van der Waals surface area contributed by atoms with E-state index in [1.807, 2.05) is 0 Å². The summed E-state index contributed by atoms with van der Waals surface area (Å²) in [6.07, 6.45) is 4.22. The van der Waals surface area contributed by atoms with Crippen molar-refractivity contribution in [1.29, 1.82) is 0 Å². The van der Waals surface area contributed by atoms with Gasteiger partial charge in [0.25, 0.3) is 0 Å². The van der Waals surface area contributed by atoms with Crippen molar-refractivity contribution in [3.05, 3.63) is 299 Å². The summed E-state index contributed by atoms with van der Waals surface area (Å²) in [5, 5.41) is 0. The lowest BCUT2D eigenvalue weighted by Gasteiger charge is -2.45. The van der Waals surface area contributed by atoms with Crippen LogP contribution >= 0.6 is 0 Å². The zero-order valence-electron chi connectivity index (χ0n) is 37.9. The number of fused-ring (bicyclic) bond motifs is 9. The van der Waals surface area contributed by atoms with Crippen molar-refractivity contribution in [2.45, 2.75) is 18.9 Å². The Kier molecular flexibility index (Phi) is 10.4. The number of nitrogens with zero attached hydrogens (tertiary/aromatic N) is 2. The number of benzene rings is 10. The molecule has 0 bridgehead atoms. The lowest BCUT2D eigenvalue weighted by atomic mass is 9.64. The molecule has 0 fully saturated rings. The molecule has 1 aliphatic heterocycles. The first-order chi connectivity index (χ1) is 33.7. The molecule has 0 amide bonds. The van der Waals surface area contributed by atoms with Gasteiger partial charge in [-0.15, -0.1) is 0 Å². The zero-order valence-corrected chi connectivity index (χ0v) is 37.9. The quantitative estimate of drug-likeness (QED) is 0.132. The Morgan fingerprint density at radius 1 is 0.441 bits per heavy atom. The van der Waals surface area contributed by atoms with Crippen LogP contribution in [0.25, 0.3) is 50.6 Å². The zero-order chi connectivity index (χ0) is 45.4. The van der Waals surface area contributed by atoms with Crippen LogP contribution in [0.2, 0.25) is 0 Å². The molecule has 322 valence electrons. The van der Waals surface area contributed by atoms with Crippen molar-refractivity contribution in [2.75, 3.05) is 4.90 Å². The average Bonchev–Trinajstić information content (AvgIpc) is 3.70. The van der Waals surface area contributed by atoms with Gasteiger partial charge < -0.3 is 4.90 Å². The third-order valence-corrected chi connectivity index (χ3v) is 13.9. The summed E-state index contributed by atoms with van der Waals surface area (Å²) < 4.78 is 0. The van der Waals surface area contributed by atoms with Crippen LogP contribution in [-0.2, 0) is 12.0 Å². The highest BCUT2D eigenvalue weighted by Crippen LogP contribution is 2.64. The van der Waals surface area contributed by atoms with Gasteiger partial charge in [-0.25, -0.2) is 0 Å². The maximum Gasteiger partial charge on any atom is 0.0754 e. The van der Waals surface area contributed by atoms with Crippen LogP contribution in [0.3, 0.4) is 0 Å². The second kappa shape index (κ2) is 17.3. The van der Waals surface area contributed by atoms with E-state index in [-0.39, 0.29) is 0 Å². The Hall–Kier alpha value is -8.59. The average molecular weight is 869 g/mol. The highest BCUT2D eigenvalue weighted by atomic mass is 15.2. The summed E-state index contributed by atoms with van der Waals surface area (Å²) in [6.45, 7) is 2.61. The first-order valence-electron chi connectivity index (χ1n) is 23.6. The summed E-state index contributed by atoms with van der Waals surface area (Å²) in [6, 6.07) is 91.1. The van der Waals surface area contributed by atoms with Gasteiger partial charge in [0.2, 0.25) is 0 Å². The first kappa shape index (κ1) is 40.9. The molecule has 10 aromatic rings. The molecule has 0 saturated carbocycles. The molecule has 10 aromatic carbocycles. The fourth-order valence-corrected chi connectivity index (χ4v) is 10.9. The SMILES string of the molecule is C/C=C/c1ccc(CN=C(c2ccccc2)c2cccc3c2-c2cc(-c4ccc(-c5ccccc5-c5ccccc5)cc4)ccc2C32c3ccccc3N(c3ccccc3)c3ccccc32)cc1. The lowest BCUT2D eigenvalue weighted by Crippen LogP contribution is -2.36. The number of anilines is 3. The van der Waals surface area contributed by atoms with Gasteiger partial charge in [-0.05, 0) is 115 Å². The third kappa shape index (κ3) is 6.84. The molecule has 0 unspecified atom stereocenters. The van der Waals surface area contributed by atoms with Crippen molar-refractivity contribution in [1.82, 2.24) is 0 Å². The monoisotopic (exact) mass is 868 g/mol. The molecule has 0 atom stereocenters. The molecule has 2 aliphatic rings. The molecular weight excluding hydrogens is 821 g/mol. The van der Waals surface area contributed by atoms with Gasteiger partial charge in [0.05, 0.1) is 29.0 Å². The van der Waals surface area contributed by atoms with Gasteiger partial charge in [-0.1, -0.05) is 231 Å². The van der Waals surface area contributed by atoms with E-state index in [1.165, 1.54) is 89.3 Å². The fraction of sp³-hybridized carbons (Fsp3) is 0.0455. The Bertz CT molecular complexity index is 3470. The highest BCUT2D eigenvalue weighted by Gasteiger charge is 2.52. The largest absolute Gasteiger partial charge is 0.310 e. The second-order valence-electron chi connectivity index (χ2n) is 17.7. The van der Waals surface area contributed by atoms with E-state index in [0.29, 0.717) is 6.54 Å². The van der Waals surface area contributed by atoms with E-state index in [1.54, 1.807) is 0 Å². The topological polar surface area (TPSA) is 15.6 Å². The smallest absolute Gasteiger partial charge is 0.0754 e. The third-order valence-electron chi connectivity index (χ3n) is 13.9. The van der Waals surface area contributed by atoms with Crippen molar-refractivity contribution in [3.63, 3.8) is 0 Å². The molecular formula is C66H48N2. The Morgan fingerprint density at radius 2 is 0.985 bits per heavy atom. The number of hydrogen-bond acceptors (Lipinski definition) is 2. The number of allylic oxidation sites excluding steroid dienone is 1. The predicted octanol–water partition coefficient (Wildman–Crippen LogP) is 16.9. The van der Waals surface area contributed by atoms with Gasteiger partial charge in [0.15, 0.2) is 0 Å². The molecule has 0 N–H and O–H groups in total. The van der Waals surface area contributed by atoms with Crippen LogP contribution in [0.4, 0.5) is 17.1 Å². The summed E-state index contributed by atoms with van der Waals surface area (Å²) in [4.78, 5) is 8.02. The van der Waals surface area contributed by atoms with E-state index in [2.05, 4.69) is 273 Å². The van der Waals surface area contributed by atoms with Crippen LogP contribution in [-0.4, -0.2) is 5.71 Å². The van der Waals surface area contributed by atoms with E-state index >= 15 is 0 Å². The van der Waals surface area contributed by atoms with E-state index < -0.39 is 5.41 Å². The van der Waals surface area contributed by atoms with Crippen LogP contribution < -0.4 is 4.90 Å². The molecule has 68 heavy (non-hydrogen) atoms. The van der Waals surface area contributed by atoms with Crippen LogP contribution in [0.5, 0.6) is 0 Å². The van der Waals surface area contributed by atoms with Gasteiger partial charge in [0, 0.05) is 16.8 Å². The van der Waals surface area contributed by atoms with Crippen LogP contribution in [0.1, 0.15) is 51.4 Å². The van der Waals surface area contributed by atoms with Crippen molar-refractivity contribution in [2.24, 2.45) is 4.99 Å². The number of rotatable bonds is 9. The maximum atomic E-state index is 5.57. The maximum absolute atomic E-state index is 5.57. The Labute approximate surface area is 399 Å². The molecule has 2 nitrogen and oxygen atoms in total. The highest BCUT2D eigenvalue weighted by molar-refractivity contribution is 6.18. The van der Waals surface area contributed by atoms with Gasteiger partial charge in [-0.2, -0.15) is 0 Å². The molecule has 0 aromatic heterocycles. The normalized spacial score (nSPS) is 13.2. The van der Waals surface area contributed by atoms with Gasteiger partial charge in [-0.3, -0.25) is 4.99 Å². The van der Waals surface area contributed by atoms with Crippen molar-refractivity contribution < 1.29 is 0 Å². The van der Waals surface area contributed by atoms with Crippen molar-refractivity contribution >= 4 is 28.8 Å². The van der Waals surface area contributed by atoms with E-state index in [9.17, 15) is 0 Å².